The first kappa shape index (κ1) is 31.7. The average Bonchev–Trinajstić information content (AvgIpc) is 3.66. The summed E-state index contributed by atoms with van der Waals surface area (Å²) in [5.41, 5.74) is 5.04. The van der Waals surface area contributed by atoms with Gasteiger partial charge in [-0.25, -0.2) is 23.2 Å². The van der Waals surface area contributed by atoms with Gasteiger partial charge in [0.15, 0.2) is 0 Å². The number of nitrogens with zero attached hydrogens (tertiary/aromatic N) is 4. The van der Waals surface area contributed by atoms with Crippen LogP contribution in [0.25, 0.3) is 22.4 Å². The van der Waals surface area contributed by atoms with Crippen LogP contribution in [-0.2, 0) is 42.1 Å². The van der Waals surface area contributed by atoms with Crippen LogP contribution in [0.4, 0.5) is 5.69 Å². The number of aromatic nitrogens is 2. The van der Waals surface area contributed by atoms with Crippen LogP contribution in [0, 0.1) is 56.4 Å². The fourth-order valence-electron chi connectivity index (χ4n) is 3.79. The molecule has 2 aromatic heterocycles. The second kappa shape index (κ2) is 15.2. The zero-order chi connectivity index (χ0) is 27.0. The molecule has 0 atom stereocenters. The molecule has 0 radical (unpaired) electrons. The topological polar surface area (TPSA) is 33.5 Å². The molecule has 3 heterocycles. The van der Waals surface area contributed by atoms with E-state index in [2.05, 4.69) is 41.4 Å². The van der Waals surface area contributed by atoms with Crippen LogP contribution in [0.3, 0.4) is 0 Å². The third kappa shape index (κ3) is 8.58. The summed E-state index contributed by atoms with van der Waals surface area (Å²) in [6.45, 7) is 3.93. The number of ether oxygens (including phenoxy) is 1. The minimum Gasteiger partial charge on any atom is -0.669 e. The number of pyridine rings is 1. The van der Waals surface area contributed by atoms with Crippen molar-refractivity contribution >= 4 is 5.69 Å². The first-order valence-corrected chi connectivity index (χ1v) is 12.2. The van der Waals surface area contributed by atoms with Gasteiger partial charge in [0.2, 0.25) is 0 Å². The third-order valence-electron chi connectivity index (χ3n) is 5.59. The van der Waals surface area contributed by atoms with Gasteiger partial charge in [-0.3, -0.25) is 12.1 Å². The largest absolute Gasteiger partial charge is 4.00 e. The molecule has 0 aliphatic carbocycles. The summed E-state index contributed by atoms with van der Waals surface area (Å²) in [7, 11) is 1.98. The molecular formula is C34H23N4OPt2-3. The van der Waals surface area contributed by atoms with Gasteiger partial charge in [0.1, 0.15) is 0 Å². The molecule has 0 saturated heterocycles. The number of aryl methyl sites for hydroxylation is 1. The van der Waals surface area contributed by atoms with Gasteiger partial charge in [0.05, 0.1) is 0 Å². The number of benzene rings is 3. The molecule has 0 bridgehead atoms. The summed E-state index contributed by atoms with van der Waals surface area (Å²) in [5.74, 6) is 1.17. The van der Waals surface area contributed by atoms with Gasteiger partial charge in [-0.05, 0) is 44.2 Å². The van der Waals surface area contributed by atoms with Crippen molar-refractivity contribution in [2.24, 2.45) is 0 Å². The Morgan fingerprint density at radius 2 is 1.68 bits per heavy atom. The Bertz CT molecular complexity index is 1610. The van der Waals surface area contributed by atoms with Crippen LogP contribution < -0.4 is 9.64 Å². The number of rotatable bonds is 5. The van der Waals surface area contributed by atoms with Crippen molar-refractivity contribution in [1.82, 2.24) is 14.5 Å². The van der Waals surface area contributed by atoms with Gasteiger partial charge in [-0.15, -0.1) is 30.0 Å². The van der Waals surface area contributed by atoms with E-state index in [1.54, 1.807) is 17.0 Å². The standard InChI is InChI=1S/C28H19N3O.C6H4N.2Pt/c1-21-16-24(22-8-4-3-5-9-22)18-28(29-21)23-10-6-12-26(17-23)32-27-13-7-11-25(19-27)31-15-14-30(2)20-31;1-2-7-5-3-4-6-7;;/h3-8,11-16,20H,1-2H3;3-6H;;/q-6;-1;;+4. The molecule has 7 heteroatoms. The van der Waals surface area contributed by atoms with Crippen molar-refractivity contribution < 1.29 is 46.9 Å². The van der Waals surface area contributed by atoms with E-state index in [-0.39, 0.29) is 42.1 Å². The Labute approximate surface area is 271 Å². The number of anilines is 1. The third-order valence-corrected chi connectivity index (χ3v) is 5.59. The zero-order valence-corrected chi connectivity index (χ0v) is 26.7. The Morgan fingerprint density at radius 1 is 0.878 bits per heavy atom. The zero-order valence-electron chi connectivity index (χ0n) is 22.1. The Morgan fingerprint density at radius 3 is 2.37 bits per heavy atom. The fraction of sp³-hybridized carbons (Fsp3) is 0.0588. The van der Waals surface area contributed by atoms with E-state index < -0.39 is 0 Å². The summed E-state index contributed by atoms with van der Waals surface area (Å²) >= 11 is 0. The first-order chi connectivity index (χ1) is 19.1. The molecule has 0 saturated carbocycles. The molecule has 6 rings (SSSR count). The maximum atomic E-state index is 6.57. The van der Waals surface area contributed by atoms with Crippen molar-refractivity contribution in [3.8, 4) is 39.9 Å². The molecule has 5 nitrogen and oxygen atoms in total. The van der Waals surface area contributed by atoms with Crippen LogP contribution >= 0.6 is 0 Å². The van der Waals surface area contributed by atoms with Crippen molar-refractivity contribution in [3.05, 3.63) is 147 Å². The molecule has 1 aliphatic heterocycles. The number of hydrogen-bond acceptors (Lipinski definition) is 4. The SMILES string of the molecule is Cc1cc(-c2[c-]cccc2)[c-]c(-c2[c-]ccc(Oc3[c-]c(N4C=CN(C)[CH-]4)ccc3)[c-]2)n1.[C-]#Cn1cccc1.[Pt+4].[Pt]. The van der Waals surface area contributed by atoms with E-state index >= 15 is 0 Å². The molecule has 41 heavy (non-hydrogen) atoms. The summed E-state index contributed by atoms with van der Waals surface area (Å²) in [4.78, 5) is 8.59. The molecule has 0 fully saturated rings. The minimum absolute atomic E-state index is 0. The summed E-state index contributed by atoms with van der Waals surface area (Å²) in [5, 5.41) is 0. The molecule has 0 amide bonds. The molecule has 0 spiro atoms. The second-order valence-electron chi connectivity index (χ2n) is 8.59. The maximum Gasteiger partial charge on any atom is 4.00 e. The van der Waals surface area contributed by atoms with Crippen LogP contribution in [0.5, 0.6) is 11.5 Å². The van der Waals surface area contributed by atoms with E-state index in [0.717, 1.165) is 22.5 Å². The Hall–Kier alpha value is -3.83. The Kier molecular flexibility index (Phi) is 11.8. The Balaban J connectivity index is 0.000000452. The monoisotopic (exact) mass is 893 g/mol. The molecule has 1 aliphatic rings. The van der Waals surface area contributed by atoms with Crippen LogP contribution in [0.2, 0.25) is 0 Å². The van der Waals surface area contributed by atoms with Gasteiger partial charge in [0.25, 0.3) is 0 Å². The molecule has 3 aromatic carbocycles. The molecule has 0 unspecified atom stereocenters. The normalized spacial score (nSPS) is 11.4. The second-order valence-corrected chi connectivity index (χ2v) is 8.59. The van der Waals surface area contributed by atoms with Crippen molar-refractivity contribution in [3.63, 3.8) is 0 Å². The maximum absolute atomic E-state index is 6.57. The molecular weight excluding hydrogens is 871 g/mol. The van der Waals surface area contributed by atoms with E-state index in [1.165, 1.54) is 0 Å². The van der Waals surface area contributed by atoms with Crippen molar-refractivity contribution in [1.29, 1.82) is 0 Å². The molecule has 208 valence electrons. The van der Waals surface area contributed by atoms with Crippen LogP contribution in [0.1, 0.15) is 5.69 Å². The first-order valence-electron chi connectivity index (χ1n) is 12.2. The predicted octanol–water partition coefficient (Wildman–Crippen LogP) is 6.74. The van der Waals surface area contributed by atoms with E-state index in [1.807, 2.05) is 116 Å². The fourth-order valence-corrected chi connectivity index (χ4v) is 3.79. The minimum atomic E-state index is 0. The smallest absolute Gasteiger partial charge is 0.669 e. The summed E-state index contributed by atoms with van der Waals surface area (Å²) < 4.78 is 7.60. The van der Waals surface area contributed by atoms with Crippen molar-refractivity contribution in [2.45, 2.75) is 6.92 Å². The van der Waals surface area contributed by atoms with Gasteiger partial charge < -0.3 is 42.1 Å². The summed E-state index contributed by atoms with van der Waals surface area (Å²) in [6.07, 6.45) is 14.0. The quantitative estimate of drug-likeness (QED) is 0.145. The molecule has 5 aromatic rings. The van der Waals surface area contributed by atoms with Crippen LogP contribution in [-0.4, -0.2) is 21.5 Å². The van der Waals surface area contributed by atoms with Gasteiger partial charge in [-0.2, -0.15) is 54.8 Å². The predicted molar refractivity (Wildman–Crippen MR) is 151 cm³/mol. The molecule has 0 N–H and O–H groups in total. The average molecular weight is 894 g/mol. The number of hydrogen-bond donors (Lipinski definition) is 0. The van der Waals surface area contributed by atoms with E-state index in [4.69, 9.17) is 11.2 Å². The van der Waals surface area contributed by atoms with E-state index in [0.29, 0.717) is 22.8 Å². The van der Waals surface area contributed by atoms with Gasteiger partial charge in [0, 0.05) is 39.2 Å². The van der Waals surface area contributed by atoms with Gasteiger partial charge in [-0.1, -0.05) is 5.75 Å². The summed E-state index contributed by atoms with van der Waals surface area (Å²) in [6, 6.07) is 41.5. The van der Waals surface area contributed by atoms with Crippen molar-refractivity contribution in [2.75, 3.05) is 11.9 Å². The van der Waals surface area contributed by atoms with E-state index in [9.17, 15) is 0 Å². The van der Waals surface area contributed by atoms with Gasteiger partial charge >= 0.3 is 21.1 Å². The van der Waals surface area contributed by atoms with Crippen LogP contribution in [0.15, 0.2) is 97.6 Å².